The Labute approximate surface area is 122 Å². The Balaban J connectivity index is 2.43. The fourth-order valence-electron chi connectivity index (χ4n) is 1.64. The minimum Gasteiger partial charge on any atom is -0.237 e. The summed E-state index contributed by atoms with van der Waals surface area (Å²) >= 11 is 1.22. The maximum absolute atomic E-state index is 12.2. The SMILES string of the molecule is Cc1ccc(S(=O)(=O)/N=c2\scnn2CC(C)C)cc1. The van der Waals surface area contributed by atoms with Crippen molar-refractivity contribution in [1.82, 2.24) is 9.78 Å². The van der Waals surface area contributed by atoms with E-state index in [0.29, 0.717) is 17.3 Å². The van der Waals surface area contributed by atoms with E-state index in [-0.39, 0.29) is 4.90 Å². The van der Waals surface area contributed by atoms with Crippen LogP contribution in [0.15, 0.2) is 39.1 Å². The van der Waals surface area contributed by atoms with Crippen LogP contribution >= 0.6 is 11.3 Å². The van der Waals surface area contributed by atoms with Crippen molar-refractivity contribution in [3.63, 3.8) is 0 Å². The molecular weight excluding hydrogens is 294 g/mol. The van der Waals surface area contributed by atoms with Crippen molar-refractivity contribution in [3.05, 3.63) is 40.1 Å². The molecule has 0 saturated heterocycles. The molecule has 20 heavy (non-hydrogen) atoms. The van der Waals surface area contributed by atoms with Gasteiger partial charge >= 0.3 is 0 Å². The summed E-state index contributed by atoms with van der Waals surface area (Å²) in [7, 11) is -3.68. The van der Waals surface area contributed by atoms with Gasteiger partial charge in [0.1, 0.15) is 5.51 Å². The zero-order chi connectivity index (χ0) is 14.8. The van der Waals surface area contributed by atoms with Gasteiger partial charge in [-0.05, 0) is 25.0 Å². The van der Waals surface area contributed by atoms with Crippen molar-refractivity contribution < 1.29 is 8.42 Å². The summed E-state index contributed by atoms with van der Waals surface area (Å²) in [4.78, 5) is 0.604. The largest absolute Gasteiger partial charge is 0.285 e. The summed E-state index contributed by atoms with van der Waals surface area (Å²) in [5.41, 5.74) is 2.61. The molecule has 0 amide bonds. The lowest BCUT2D eigenvalue weighted by Gasteiger charge is -2.04. The Morgan fingerprint density at radius 3 is 2.55 bits per heavy atom. The Morgan fingerprint density at radius 2 is 1.95 bits per heavy atom. The first-order valence-electron chi connectivity index (χ1n) is 6.27. The van der Waals surface area contributed by atoms with E-state index in [1.807, 2.05) is 20.8 Å². The van der Waals surface area contributed by atoms with Crippen LogP contribution < -0.4 is 4.80 Å². The molecule has 7 heteroatoms. The average molecular weight is 311 g/mol. The van der Waals surface area contributed by atoms with Crippen LogP contribution in [-0.2, 0) is 16.6 Å². The molecule has 0 bridgehead atoms. The summed E-state index contributed by atoms with van der Waals surface area (Å²) in [6, 6.07) is 6.67. The van der Waals surface area contributed by atoms with E-state index in [1.54, 1.807) is 34.5 Å². The highest BCUT2D eigenvalue weighted by molar-refractivity contribution is 7.90. The van der Waals surface area contributed by atoms with E-state index >= 15 is 0 Å². The molecule has 0 spiro atoms. The van der Waals surface area contributed by atoms with Crippen molar-refractivity contribution in [2.45, 2.75) is 32.2 Å². The van der Waals surface area contributed by atoms with Crippen LogP contribution in [0.5, 0.6) is 0 Å². The van der Waals surface area contributed by atoms with E-state index in [4.69, 9.17) is 0 Å². The summed E-state index contributed by atoms with van der Waals surface area (Å²) < 4.78 is 30.0. The topological polar surface area (TPSA) is 64.3 Å². The molecule has 108 valence electrons. The van der Waals surface area contributed by atoms with Gasteiger partial charge in [0.05, 0.1) is 4.90 Å². The fraction of sp³-hybridized carbons (Fsp3) is 0.385. The van der Waals surface area contributed by atoms with Gasteiger partial charge in [0.15, 0.2) is 0 Å². The predicted octanol–water partition coefficient (Wildman–Crippen LogP) is 2.20. The molecule has 2 aromatic rings. The number of nitrogens with zero attached hydrogens (tertiary/aromatic N) is 3. The molecule has 0 atom stereocenters. The first-order chi connectivity index (χ1) is 9.38. The highest BCUT2D eigenvalue weighted by Gasteiger charge is 2.13. The number of hydrogen-bond acceptors (Lipinski definition) is 4. The third-order valence-electron chi connectivity index (χ3n) is 2.62. The second-order valence-corrected chi connectivity index (χ2v) is 7.39. The van der Waals surface area contributed by atoms with Crippen LogP contribution in [0, 0.1) is 12.8 Å². The van der Waals surface area contributed by atoms with Crippen LogP contribution in [0.2, 0.25) is 0 Å². The smallest absolute Gasteiger partial charge is 0.237 e. The monoisotopic (exact) mass is 311 g/mol. The molecule has 0 aliphatic rings. The van der Waals surface area contributed by atoms with Gasteiger partial charge in [0.2, 0.25) is 4.80 Å². The van der Waals surface area contributed by atoms with E-state index in [2.05, 4.69) is 9.50 Å². The summed E-state index contributed by atoms with van der Waals surface area (Å²) in [5, 5.41) is 4.13. The summed E-state index contributed by atoms with van der Waals surface area (Å²) in [6.07, 6.45) is 0. The molecule has 0 aliphatic heterocycles. The highest BCUT2D eigenvalue weighted by atomic mass is 32.2. The Morgan fingerprint density at radius 1 is 1.30 bits per heavy atom. The van der Waals surface area contributed by atoms with Crippen LogP contribution in [0.25, 0.3) is 0 Å². The highest BCUT2D eigenvalue weighted by Crippen LogP contribution is 2.12. The van der Waals surface area contributed by atoms with Crippen LogP contribution in [0.4, 0.5) is 0 Å². The van der Waals surface area contributed by atoms with E-state index < -0.39 is 10.0 Å². The minimum absolute atomic E-state index is 0.201. The first kappa shape index (κ1) is 14.9. The molecular formula is C13H17N3O2S2. The Bertz CT molecular complexity index is 740. The number of benzene rings is 1. The van der Waals surface area contributed by atoms with Gasteiger partial charge in [0, 0.05) is 6.54 Å². The molecule has 1 aromatic heterocycles. The zero-order valence-electron chi connectivity index (χ0n) is 11.6. The van der Waals surface area contributed by atoms with Crippen molar-refractivity contribution >= 4 is 21.4 Å². The average Bonchev–Trinajstić information content (AvgIpc) is 2.75. The van der Waals surface area contributed by atoms with Crippen molar-refractivity contribution in [3.8, 4) is 0 Å². The van der Waals surface area contributed by atoms with E-state index in [9.17, 15) is 8.42 Å². The quantitative estimate of drug-likeness (QED) is 0.869. The van der Waals surface area contributed by atoms with Gasteiger partial charge in [-0.25, -0.2) is 4.68 Å². The van der Waals surface area contributed by atoms with E-state index in [1.165, 1.54) is 11.3 Å². The maximum atomic E-state index is 12.2. The number of rotatable bonds is 4. The van der Waals surface area contributed by atoms with Gasteiger partial charge in [-0.1, -0.05) is 42.9 Å². The van der Waals surface area contributed by atoms with Crippen molar-refractivity contribution in [2.75, 3.05) is 0 Å². The third kappa shape index (κ3) is 3.55. The van der Waals surface area contributed by atoms with Crippen LogP contribution in [-0.4, -0.2) is 18.2 Å². The second-order valence-electron chi connectivity index (χ2n) is 4.98. The summed E-state index contributed by atoms with van der Waals surface area (Å²) in [5.74, 6) is 0.373. The number of hydrogen-bond donors (Lipinski definition) is 0. The number of aromatic nitrogens is 2. The molecule has 0 fully saturated rings. The van der Waals surface area contributed by atoms with Gasteiger partial charge in [-0.15, -0.1) is 4.40 Å². The van der Waals surface area contributed by atoms with Crippen molar-refractivity contribution in [2.24, 2.45) is 10.3 Å². The third-order valence-corrected chi connectivity index (χ3v) is 4.73. The van der Waals surface area contributed by atoms with Crippen LogP contribution in [0.3, 0.4) is 0 Å². The standard InChI is InChI=1S/C13H17N3O2S2/c1-10(2)8-16-13(19-9-14-16)15-20(17,18)12-6-4-11(3)5-7-12/h4-7,9-10H,8H2,1-3H3/b15-13-. The molecule has 1 aromatic carbocycles. The number of aryl methyl sites for hydroxylation is 1. The van der Waals surface area contributed by atoms with Gasteiger partial charge in [0.25, 0.3) is 10.0 Å². The molecule has 0 saturated carbocycles. The van der Waals surface area contributed by atoms with Crippen LogP contribution in [0.1, 0.15) is 19.4 Å². The minimum atomic E-state index is -3.68. The van der Waals surface area contributed by atoms with E-state index in [0.717, 1.165) is 5.56 Å². The Kier molecular flexibility index (Phi) is 4.39. The fourth-order valence-corrected chi connectivity index (χ4v) is 3.49. The first-order valence-corrected chi connectivity index (χ1v) is 8.59. The zero-order valence-corrected chi connectivity index (χ0v) is 13.3. The molecule has 0 aliphatic carbocycles. The normalized spacial score (nSPS) is 13.1. The summed E-state index contributed by atoms with van der Waals surface area (Å²) in [6.45, 7) is 6.65. The Hall–Kier alpha value is -1.47. The van der Waals surface area contributed by atoms with Crippen molar-refractivity contribution in [1.29, 1.82) is 0 Å². The lowest BCUT2D eigenvalue weighted by molar-refractivity contribution is 0.470. The van der Waals surface area contributed by atoms with Gasteiger partial charge < -0.3 is 0 Å². The lowest BCUT2D eigenvalue weighted by atomic mass is 10.2. The molecule has 5 nitrogen and oxygen atoms in total. The predicted molar refractivity (Wildman–Crippen MR) is 78.9 cm³/mol. The number of sulfonamides is 1. The molecule has 0 radical (unpaired) electrons. The van der Waals surface area contributed by atoms with Gasteiger partial charge in [-0.2, -0.15) is 13.5 Å². The molecule has 2 rings (SSSR count). The van der Waals surface area contributed by atoms with Gasteiger partial charge in [-0.3, -0.25) is 0 Å². The second kappa shape index (κ2) is 5.88. The molecule has 0 unspecified atom stereocenters. The maximum Gasteiger partial charge on any atom is 0.285 e. The molecule has 1 heterocycles. The lowest BCUT2D eigenvalue weighted by Crippen LogP contribution is -2.21. The molecule has 0 N–H and O–H groups in total.